The van der Waals surface area contributed by atoms with Crippen LogP contribution in [0.4, 0.5) is 11.4 Å². The second-order valence-electron chi connectivity index (χ2n) is 8.62. The van der Waals surface area contributed by atoms with E-state index in [0.717, 1.165) is 71.7 Å². The van der Waals surface area contributed by atoms with Crippen LogP contribution < -0.4 is 4.90 Å². The molecular formula is C25H27N3O2. The van der Waals surface area contributed by atoms with Crippen LogP contribution in [-0.4, -0.2) is 35.8 Å². The van der Waals surface area contributed by atoms with Crippen LogP contribution in [0.1, 0.15) is 46.4 Å². The highest BCUT2D eigenvalue weighted by Gasteiger charge is 2.24. The van der Waals surface area contributed by atoms with Gasteiger partial charge in [-0.2, -0.15) is 0 Å². The number of aliphatic imine (C=N–C) groups is 1. The molecule has 154 valence electrons. The maximum Gasteiger partial charge on any atom is 0.150 e. The molecule has 2 aliphatic rings. The van der Waals surface area contributed by atoms with E-state index in [0.29, 0.717) is 5.56 Å². The second-order valence-corrected chi connectivity index (χ2v) is 8.62. The summed E-state index contributed by atoms with van der Waals surface area (Å²) in [6.07, 6.45) is 7.47. The Morgan fingerprint density at radius 3 is 2.83 bits per heavy atom. The Bertz CT molecular complexity index is 1140. The number of aldehydes is 1. The van der Waals surface area contributed by atoms with Gasteiger partial charge < -0.3 is 14.6 Å². The number of aliphatic hydroxyl groups excluding tert-OH is 1. The third-order valence-corrected chi connectivity index (χ3v) is 6.31. The number of benzene rings is 2. The van der Waals surface area contributed by atoms with Gasteiger partial charge in [-0.3, -0.25) is 9.79 Å². The van der Waals surface area contributed by atoms with Crippen LogP contribution in [-0.2, 0) is 19.6 Å². The maximum atomic E-state index is 11.5. The van der Waals surface area contributed by atoms with E-state index in [1.54, 1.807) is 0 Å². The van der Waals surface area contributed by atoms with Crippen LogP contribution in [0.2, 0.25) is 0 Å². The number of hydrogen-bond acceptors (Lipinski definition) is 4. The average Bonchev–Trinajstić information content (AvgIpc) is 3.52. The molecule has 3 aromatic rings. The van der Waals surface area contributed by atoms with Gasteiger partial charge in [0.05, 0.1) is 29.9 Å². The van der Waals surface area contributed by atoms with Gasteiger partial charge in [0.15, 0.2) is 0 Å². The molecule has 1 N–H and O–H groups in total. The molecule has 1 aliphatic heterocycles. The summed E-state index contributed by atoms with van der Waals surface area (Å²) in [6.45, 7) is 2.03. The lowest BCUT2D eigenvalue weighted by Crippen LogP contribution is -2.24. The predicted octanol–water partition coefficient (Wildman–Crippen LogP) is 4.49. The largest absolute Gasteiger partial charge is 0.392 e. The Hall–Kier alpha value is -2.92. The minimum Gasteiger partial charge on any atom is -0.392 e. The zero-order valence-electron chi connectivity index (χ0n) is 17.3. The van der Waals surface area contributed by atoms with Crippen molar-refractivity contribution in [3.63, 3.8) is 0 Å². The lowest BCUT2D eigenvalue weighted by atomic mass is 9.98. The van der Waals surface area contributed by atoms with Gasteiger partial charge >= 0.3 is 0 Å². The Morgan fingerprint density at radius 1 is 1.20 bits per heavy atom. The van der Waals surface area contributed by atoms with Crippen LogP contribution in [0.25, 0.3) is 10.9 Å². The van der Waals surface area contributed by atoms with Gasteiger partial charge in [0, 0.05) is 36.6 Å². The van der Waals surface area contributed by atoms with Crippen LogP contribution in [0.5, 0.6) is 0 Å². The first kappa shape index (κ1) is 19.1. The zero-order valence-corrected chi connectivity index (χ0v) is 17.3. The number of aryl methyl sites for hydroxylation is 1. The molecule has 2 aromatic carbocycles. The molecule has 1 saturated carbocycles. The summed E-state index contributed by atoms with van der Waals surface area (Å²) >= 11 is 0. The minimum absolute atomic E-state index is 0.0466. The van der Waals surface area contributed by atoms with Crippen molar-refractivity contribution < 1.29 is 9.90 Å². The van der Waals surface area contributed by atoms with Gasteiger partial charge in [-0.25, -0.2) is 0 Å². The topological polar surface area (TPSA) is 57.8 Å². The summed E-state index contributed by atoms with van der Waals surface area (Å²) in [4.78, 5) is 18.6. The molecule has 2 heterocycles. The lowest BCUT2D eigenvalue weighted by Gasteiger charge is -2.29. The smallest absolute Gasteiger partial charge is 0.150 e. The molecule has 0 saturated heterocycles. The molecule has 0 bridgehead atoms. The monoisotopic (exact) mass is 401 g/mol. The molecule has 0 unspecified atom stereocenters. The highest BCUT2D eigenvalue weighted by atomic mass is 16.3. The van der Waals surface area contributed by atoms with Gasteiger partial charge in [0.1, 0.15) is 6.29 Å². The summed E-state index contributed by atoms with van der Waals surface area (Å²) in [5.74, 6) is 0.725. The first-order valence-electron chi connectivity index (χ1n) is 10.8. The SMILES string of the molecule is CN1CCCc2cc(C=O)cc(/N=C/c3cc4ccc(CO)cc4n3CC3CC3)c21. The van der Waals surface area contributed by atoms with Gasteiger partial charge in [-0.15, -0.1) is 0 Å². The summed E-state index contributed by atoms with van der Waals surface area (Å²) in [6, 6.07) is 12.2. The molecule has 0 spiro atoms. The molecule has 0 amide bonds. The van der Waals surface area contributed by atoms with Gasteiger partial charge in [-0.05, 0) is 67.0 Å². The summed E-state index contributed by atoms with van der Waals surface area (Å²) in [5, 5.41) is 10.7. The molecule has 1 aliphatic carbocycles. The van der Waals surface area contributed by atoms with E-state index < -0.39 is 0 Å². The zero-order chi connectivity index (χ0) is 20.7. The number of aromatic nitrogens is 1. The first-order valence-corrected chi connectivity index (χ1v) is 10.8. The first-order chi connectivity index (χ1) is 14.7. The molecular weight excluding hydrogens is 374 g/mol. The van der Waals surface area contributed by atoms with Crippen molar-refractivity contribution in [2.24, 2.45) is 10.9 Å². The standard InChI is InChI=1S/C25H27N3O2/c1-27-8-2-3-21-9-19(16-30)10-23(25(21)27)26-13-22-12-20-7-6-18(15-29)11-24(20)28(22)14-17-4-5-17/h6-7,9-13,16-17,29H,2-5,8,14-15H2,1H3/b26-13+. The molecule has 0 atom stereocenters. The fourth-order valence-electron chi connectivity index (χ4n) is 4.54. The molecule has 1 fully saturated rings. The fourth-order valence-corrected chi connectivity index (χ4v) is 4.54. The summed E-state index contributed by atoms with van der Waals surface area (Å²) in [7, 11) is 2.10. The van der Waals surface area contributed by atoms with E-state index in [1.807, 2.05) is 24.4 Å². The number of fused-ring (bicyclic) bond motifs is 2. The molecule has 5 heteroatoms. The van der Waals surface area contributed by atoms with Gasteiger partial charge in [0.25, 0.3) is 0 Å². The highest BCUT2D eigenvalue weighted by molar-refractivity contribution is 5.93. The van der Waals surface area contributed by atoms with E-state index >= 15 is 0 Å². The maximum absolute atomic E-state index is 11.5. The van der Waals surface area contributed by atoms with E-state index in [2.05, 4.69) is 34.7 Å². The van der Waals surface area contributed by atoms with Crippen LogP contribution in [0.15, 0.2) is 41.4 Å². The van der Waals surface area contributed by atoms with E-state index in [9.17, 15) is 9.90 Å². The Kier molecular flexibility index (Phi) is 4.91. The van der Waals surface area contributed by atoms with Crippen molar-refractivity contribution in [1.82, 2.24) is 4.57 Å². The highest BCUT2D eigenvalue weighted by Crippen LogP contribution is 2.37. The Labute approximate surface area is 176 Å². The summed E-state index contributed by atoms with van der Waals surface area (Å²) < 4.78 is 2.33. The number of aliphatic hydroxyl groups is 1. The van der Waals surface area contributed by atoms with E-state index in [-0.39, 0.29) is 6.61 Å². The summed E-state index contributed by atoms with van der Waals surface area (Å²) in [5.41, 5.74) is 7.02. The third-order valence-electron chi connectivity index (χ3n) is 6.31. The molecule has 30 heavy (non-hydrogen) atoms. The van der Waals surface area contributed by atoms with Crippen molar-refractivity contribution in [2.45, 2.75) is 38.8 Å². The van der Waals surface area contributed by atoms with Crippen molar-refractivity contribution in [1.29, 1.82) is 0 Å². The van der Waals surface area contributed by atoms with E-state index in [4.69, 9.17) is 4.99 Å². The van der Waals surface area contributed by atoms with Crippen LogP contribution in [0.3, 0.4) is 0 Å². The number of carbonyl (C=O) groups is 1. The average molecular weight is 402 g/mol. The number of anilines is 1. The number of hydrogen-bond donors (Lipinski definition) is 1. The lowest BCUT2D eigenvalue weighted by molar-refractivity contribution is 0.112. The minimum atomic E-state index is 0.0466. The number of nitrogens with zero attached hydrogens (tertiary/aromatic N) is 3. The van der Waals surface area contributed by atoms with Crippen LogP contribution in [0, 0.1) is 5.92 Å². The predicted molar refractivity (Wildman–Crippen MR) is 121 cm³/mol. The quantitative estimate of drug-likeness (QED) is 0.489. The van der Waals surface area contributed by atoms with Gasteiger partial charge in [-0.1, -0.05) is 12.1 Å². The number of carbonyl (C=O) groups excluding carboxylic acids is 1. The fraction of sp³-hybridized carbons (Fsp3) is 0.360. The van der Waals surface area contributed by atoms with Crippen molar-refractivity contribution in [3.05, 3.63) is 58.8 Å². The van der Waals surface area contributed by atoms with Crippen LogP contribution >= 0.6 is 0 Å². The Morgan fingerprint density at radius 2 is 2.07 bits per heavy atom. The van der Waals surface area contributed by atoms with Crippen molar-refractivity contribution in [2.75, 3.05) is 18.5 Å². The normalized spacial score (nSPS) is 16.4. The van der Waals surface area contributed by atoms with Gasteiger partial charge in [0.2, 0.25) is 0 Å². The molecule has 5 nitrogen and oxygen atoms in total. The molecule has 5 rings (SSSR count). The second kappa shape index (κ2) is 7.73. The number of rotatable bonds is 6. The Balaban J connectivity index is 1.59. The third kappa shape index (κ3) is 3.54. The molecule has 0 radical (unpaired) electrons. The van der Waals surface area contributed by atoms with E-state index in [1.165, 1.54) is 18.4 Å². The van der Waals surface area contributed by atoms with Crippen molar-refractivity contribution in [3.8, 4) is 0 Å². The van der Waals surface area contributed by atoms with Crippen molar-refractivity contribution >= 4 is 34.8 Å². The molecule has 1 aromatic heterocycles.